The molecule has 21 heavy (non-hydrogen) atoms. The average Bonchev–Trinajstić information content (AvgIpc) is 2.55. The molecule has 0 saturated carbocycles. The minimum absolute atomic E-state index is 0.314. The van der Waals surface area contributed by atoms with E-state index in [4.69, 9.17) is 4.74 Å². The maximum absolute atomic E-state index is 13.4. The third-order valence-corrected chi connectivity index (χ3v) is 4.94. The first kappa shape index (κ1) is 16.2. The summed E-state index contributed by atoms with van der Waals surface area (Å²) >= 11 is 0. The normalized spacial score (nSPS) is 37.0. The first-order valence-electron chi connectivity index (χ1n) is 6.64. The molecule has 0 spiro atoms. The second-order valence-electron chi connectivity index (χ2n) is 6.04. The molecule has 1 aromatic carbocycles. The van der Waals surface area contributed by atoms with Crippen LogP contribution in [0.3, 0.4) is 0 Å². The fourth-order valence-electron chi connectivity index (χ4n) is 2.93. The quantitative estimate of drug-likeness (QED) is 0.802. The van der Waals surface area contributed by atoms with E-state index in [2.05, 4.69) is 0 Å². The molecule has 2 rings (SSSR count). The Hall–Kier alpha value is -1.14. The van der Waals surface area contributed by atoms with Crippen molar-refractivity contribution in [2.45, 2.75) is 51.2 Å². The van der Waals surface area contributed by atoms with Crippen LogP contribution in [0.2, 0.25) is 0 Å². The van der Waals surface area contributed by atoms with Gasteiger partial charge in [-0.15, -0.1) is 0 Å². The van der Waals surface area contributed by atoms with E-state index >= 15 is 0 Å². The standard InChI is InChI=1S/C15H18F4O2/c1-8-7-10(5-6-11(8)16)13(3)9(2)14(4,15(17,18)19)21-12(13)20/h5-7,9,12,20H,1-4H3/t9-,12+,13-,14+/m0/s1. The van der Waals surface area contributed by atoms with Gasteiger partial charge in [-0.25, -0.2) is 4.39 Å². The van der Waals surface area contributed by atoms with Crippen molar-refractivity contribution in [1.29, 1.82) is 0 Å². The van der Waals surface area contributed by atoms with Crippen molar-refractivity contribution in [3.8, 4) is 0 Å². The SMILES string of the molecule is Cc1cc([C@@]2(C)[C@H](O)O[C@@](C)(C(F)(F)F)[C@H]2C)ccc1F. The van der Waals surface area contributed by atoms with Crippen LogP contribution in [-0.2, 0) is 10.2 Å². The Kier molecular flexibility index (Phi) is 3.62. The molecule has 1 heterocycles. The van der Waals surface area contributed by atoms with Gasteiger partial charge in [0.05, 0.1) is 0 Å². The molecular formula is C15H18F4O2. The van der Waals surface area contributed by atoms with E-state index in [1.165, 1.54) is 39.0 Å². The van der Waals surface area contributed by atoms with Gasteiger partial charge in [-0.1, -0.05) is 26.0 Å². The van der Waals surface area contributed by atoms with Gasteiger partial charge < -0.3 is 9.84 Å². The van der Waals surface area contributed by atoms with Crippen LogP contribution >= 0.6 is 0 Å². The topological polar surface area (TPSA) is 29.5 Å². The average molecular weight is 306 g/mol. The number of ether oxygens (including phenoxy) is 1. The number of alkyl halides is 3. The Morgan fingerprint density at radius 2 is 1.81 bits per heavy atom. The van der Waals surface area contributed by atoms with E-state index < -0.39 is 35.2 Å². The molecule has 0 amide bonds. The zero-order valence-electron chi connectivity index (χ0n) is 12.3. The van der Waals surface area contributed by atoms with Crippen molar-refractivity contribution < 1.29 is 27.4 Å². The molecule has 118 valence electrons. The smallest absolute Gasteiger partial charge is 0.367 e. The van der Waals surface area contributed by atoms with Crippen molar-refractivity contribution in [1.82, 2.24) is 0 Å². The van der Waals surface area contributed by atoms with Crippen LogP contribution in [0.1, 0.15) is 31.9 Å². The molecule has 1 N–H and O–H groups in total. The van der Waals surface area contributed by atoms with E-state index in [0.717, 1.165) is 6.92 Å². The molecule has 6 heteroatoms. The molecule has 2 nitrogen and oxygen atoms in total. The highest BCUT2D eigenvalue weighted by atomic mass is 19.4. The van der Waals surface area contributed by atoms with Crippen LogP contribution in [0.25, 0.3) is 0 Å². The summed E-state index contributed by atoms with van der Waals surface area (Å²) in [5.74, 6) is -1.48. The lowest BCUT2D eigenvalue weighted by atomic mass is 9.68. The van der Waals surface area contributed by atoms with E-state index in [-0.39, 0.29) is 0 Å². The van der Waals surface area contributed by atoms with E-state index in [9.17, 15) is 22.7 Å². The van der Waals surface area contributed by atoms with Crippen LogP contribution in [0, 0.1) is 18.7 Å². The number of rotatable bonds is 1. The Bertz CT molecular complexity index is 557. The number of aryl methyl sites for hydroxylation is 1. The first-order valence-corrected chi connectivity index (χ1v) is 6.64. The van der Waals surface area contributed by atoms with Gasteiger partial charge in [0.15, 0.2) is 11.9 Å². The van der Waals surface area contributed by atoms with Crippen molar-refractivity contribution >= 4 is 0 Å². The van der Waals surface area contributed by atoms with Crippen molar-refractivity contribution in [2.24, 2.45) is 5.92 Å². The summed E-state index contributed by atoms with van der Waals surface area (Å²) in [5, 5.41) is 10.1. The number of aliphatic hydroxyl groups is 1. The number of halogens is 4. The molecule has 0 aliphatic carbocycles. The minimum Gasteiger partial charge on any atom is -0.367 e. The largest absolute Gasteiger partial charge is 0.417 e. The molecule has 1 aliphatic heterocycles. The molecule has 0 bridgehead atoms. The van der Waals surface area contributed by atoms with E-state index in [0.29, 0.717) is 11.1 Å². The molecule has 1 aromatic rings. The Labute approximate surface area is 120 Å². The Morgan fingerprint density at radius 1 is 1.24 bits per heavy atom. The van der Waals surface area contributed by atoms with Crippen LogP contribution in [0.5, 0.6) is 0 Å². The molecule has 0 radical (unpaired) electrons. The summed E-state index contributed by atoms with van der Waals surface area (Å²) in [5.41, 5.74) is -2.99. The van der Waals surface area contributed by atoms with Gasteiger partial charge in [0, 0.05) is 11.3 Å². The number of hydrogen-bond acceptors (Lipinski definition) is 2. The predicted molar refractivity (Wildman–Crippen MR) is 69.2 cm³/mol. The lowest BCUT2D eigenvalue weighted by molar-refractivity contribution is -0.292. The van der Waals surface area contributed by atoms with Crippen molar-refractivity contribution in [2.75, 3.05) is 0 Å². The summed E-state index contributed by atoms with van der Waals surface area (Å²) in [4.78, 5) is 0. The van der Waals surface area contributed by atoms with Gasteiger partial charge in [0.25, 0.3) is 0 Å². The van der Waals surface area contributed by atoms with Gasteiger partial charge in [-0.05, 0) is 31.0 Å². The summed E-state index contributed by atoms with van der Waals surface area (Å²) in [6.45, 7) is 5.36. The molecule has 0 aromatic heterocycles. The molecule has 0 unspecified atom stereocenters. The highest BCUT2D eigenvalue weighted by molar-refractivity contribution is 5.34. The highest BCUT2D eigenvalue weighted by Crippen LogP contribution is 2.55. The highest BCUT2D eigenvalue weighted by Gasteiger charge is 2.68. The first-order chi connectivity index (χ1) is 9.44. The summed E-state index contributed by atoms with van der Waals surface area (Å²) in [6.07, 6.45) is -6.23. The van der Waals surface area contributed by atoms with Crippen LogP contribution < -0.4 is 0 Å². The third kappa shape index (κ3) is 2.16. The van der Waals surface area contributed by atoms with Crippen LogP contribution in [-0.4, -0.2) is 23.2 Å². The molecule has 1 aliphatic rings. The maximum atomic E-state index is 13.4. The maximum Gasteiger partial charge on any atom is 0.417 e. The van der Waals surface area contributed by atoms with E-state index in [1.807, 2.05) is 0 Å². The summed E-state index contributed by atoms with van der Waals surface area (Å²) in [7, 11) is 0. The lowest BCUT2D eigenvalue weighted by Gasteiger charge is -2.36. The zero-order chi connectivity index (χ0) is 16.2. The van der Waals surface area contributed by atoms with E-state index in [1.54, 1.807) is 0 Å². The Balaban J connectivity index is 2.54. The van der Waals surface area contributed by atoms with Gasteiger partial charge in [0.1, 0.15) is 5.82 Å². The Morgan fingerprint density at radius 3 is 2.24 bits per heavy atom. The molecule has 1 fully saturated rings. The second-order valence-corrected chi connectivity index (χ2v) is 6.04. The summed E-state index contributed by atoms with van der Waals surface area (Å²) in [6, 6.07) is 4.05. The zero-order valence-corrected chi connectivity index (χ0v) is 12.3. The third-order valence-electron chi connectivity index (χ3n) is 4.94. The monoisotopic (exact) mass is 306 g/mol. The van der Waals surface area contributed by atoms with Gasteiger partial charge >= 0.3 is 6.18 Å². The molecular weight excluding hydrogens is 288 g/mol. The fourth-order valence-corrected chi connectivity index (χ4v) is 2.93. The lowest BCUT2D eigenvalue weighted by Crippen LogP contribution is -2.49. The minimum atomic E-state index is -4.61. The second kappa shape index (κ2) is 4.68. The predicted octanol–water partition coefficient (Wildman–Crippen LogP) is 3.70. The number of aliphatic hydroxyl groups excluding tert-OH is 1. The molecule has 1 saturated heterocycles. The van der Waals surface area contributed by atoms with Crippen LogP contribution in [0.4, 0.5) is 17.6 Å². The van der Waals surface area contributed by atoms with Crippen molar-refractivity contribution in [3.63, 3.8) is 0 Å². The summed E-state index contributed by atoms with van der Waals surface area (Å²) < 4.78 is 58.1. The van der Waals surface area contributed by atoms with Crippen LogP contribution in [0.15, 0.2) is 18.2 Å². The number of benzene rings is 1. The van der Waals surface area contributed by atoms with Crippen molar-refractivity contribution in [3.05, 3.63) is 35.1 Å². The van der Waals surface area contributed by atoms with Gasteiger partial charge in [-0.3, -0.25) is 0 Å². The fraction of sp³-hybridized carbons (Fsp3) is 0.600. The molecule has 4 atom stereocenters. The number of hydrogen-bond donors (Lipinski definition) is 1. The van der Waals surface area contributed by atoms with Gasteiger partial charge in [-0.2, -0.15) is 13.2 Å². The van der Waals surface area contributed by atoms with Gasteiger partial charge in [0.2, 0.25) is 0 Å².